The highest BCUT2D eigenvalue weighted by Crippen LogP contribution is 2.26. The van der Waals surface area contributed by atoms with Crippen LogP contribution in [0.3, 0.4) is 0 Å². The third kappa shape index (κ3) is 4.72. The maximum absolute atomic E-state index is 10.1. The number of nitrogens with zero attached hydrogens (tertiary/aromatic N) is 3. The average molecular weight is 342 g/mol. The topological polar surface area (TPSA) is 74.5 Å². The predicted molar refractivity (Wildman–Crippen MR) is 90.3 cm³/mol. The summed E-state index contributed by atoms with van der Waals surface area (Å²) in [6.45, 7) is 3.63. The fourth-order valence-corrected chi connectivity index (χ4v) is 2.91. The Kier molecular flexibility index (Phi) is 6.23. The maximum atomic E-state index is 10.1. The zero-order chi connectivity index (χ0) is 15.9. The lowest BCUT2D eigenvalue weighted by Crippen LogP contribution is -2.39. The van der Waals surface area contributed by atoms with E-state index in [2.05, 4.69) is 20.7 Å². The Balaban J connectivity index is 1.92. The van der Waals surface area contributed by atoms with Crippen molar-refractivity contribution in [1.29, 1.82) is 0 Å². The molecule has 120 valence electrons. The highest BCUT2D eigenvalue weighted by Gasteiger charge is 2.11. The van der Waals surface area contributed by atoms with E-state index in [-0.39, 0.29) is 0 Å². The van der Waals surface area contributed by atoms with Crippen molar-refractivity contribution in [2.24, 2.45) is 12.0 Å². The second-order valence-corrected chi connectivity index (χ2v) is 6.43. The van der Waals surface area contributed by atoms with Gasteiger partial charge in [-0.05, 0) is 25.1 Å². The molecule has 0 aliphatic rings. The number of aliphatic imine (C=N–C) groups is 1. The number of hydrogen-bond donors (Lipinski definition) is 3. The molecule has 2 heterocycles. The van der Waals surface area contributed by atoms with Crippen LogP contribution in [0.15, 0.2) is 29.4 Å². The highest BCUT2D eigenvalue weighted by molar-refractivity contribution is 7.16. The van der Waals surface area contributed by atoms with E-state index in [0.29, 0.717) is 23.4 Å². The SMILES string of the molecule is CCNC(=NCc1ccnn1C)NCC(O)c1ccc(Cl)s1. The Morgan fingerprint density at radius 3 is 2.86 bits per heavy atom. The van der Waals surface area contributed by atoms with Crippen molar-refractivity contribution in [3.63, 3.8) is 0 Å². The first-order valence-corrected chi connectivity index (χ1v) is 8.22. The number of aliphatic hydroxyl groups excluding tert-OH is 1. The van der Waals surface area contributed by atoms with E-state index in [1.807, 2.05) is 26.1 Å². The van der Waals surface area contributed by atoms with Crippen molar-refractivity contribution in [2.45, 2.75) is 19.6 Å². The fourth-order valence-electron chi connectivity index (χ4n) is 1.86. The van der Waals surface area contributed by atoms with Gasteiger partial charge in [-0.25, -0.2) is 4.99 Å². The van der Waals surface area contributed by atoms with Gasteiger partial charge in [0.15, 0.2) is 5.96 Å². The van der Waals surface area contributed by atoms with Crippen LogP contribution < -0.4 is 10.6 Å². The summed E-state index contributed by atoms with van der Waals surface area (Å²) in [5.41, 5.74) is 1.02. The zero-order valence-corrected chi connectivity index (χ0v) is 14.2. The summed E-state index contributed by atoms with van der Waals surface area (Å²) < 4.78 is 2.46. The van der Waals surface area contributed by atoms with Gasteiger partial charge >= 0.3 is 0 Å². The molecule has 8 heteroatoms. The average Bonchev–Trinajstić information content (AvgIpc) is 3.10. The van der Waals surface area contributed by atoms with E-state index in [4.69, 9.17) is 11.6 Å². The van der Waals surface area contributed by atoms with Crippen molar-refractivity contribution < 1.29 is 5.11 Å². The predicted octanol–water partition coefficient (Wildman–Crippen LogP) is 1.92. The van der Waals surface area contributed by atoms with Gasteiger partial charge in [0, 0.05) is 31.2 Å². The molecule has 3 N–H and O–H groups in total. The van der Waals surface area contributed by atoms with Crippen molar-refractivity contribution >= 4 is 28.9 Å². The number of hydrogen-bond acceptors (Lipinski definition) is 4. The summed E-state index contributed by atoms with van der Waals surface area (Å²) in [5, 5.41) is 20.5. The number of rotatable bonds is 6. The van der Waals surface area contributed by atoms with E-state index in [0.717, 1.165) is 17.1 Å². The molecule has 0 bridgehead atoms. The van der Waals surface area contributed by atoms with Crippen molar-refractivity contribution in [3.8, 4) is 0 Å². The Morgan fingerprint density at radius 2 is 2.27 bits per heavy atom. The Labute approximate surface area is 138 Å². The molecule has 0 aliphatic carbocycles. The van der Waals surface area contributed by atoms with E-state index in [9.17, 15) is 5.11 Å². The number of aryl methyl sites for hydroxylation is 1. The molecule has 22 heavy (non-hydrogen) atoms. The van der Waals surface area contributed by atoms with E-state index < -0.39 is 6.10 Å². The first kappa shape index (κ1) is 16.8. The molecular weight excluding hydrogens is 322 g/mol. The van der Waals surface area contributed by atoms with Gasteiger partial charge in [0.2, 0.25) is 0 Å². The molecule has 0 aromatic carbocycles. The largest absolute Gasteiger partial charge is 0.386 e. The standard InChI is InChI=1S/C14H20ClN5OS/c1-3-16-14(17-8-10-6-7-19-20(10)2)18-9-11(21)12-4-5-13(15)22-12/h4-7,11,21H,3,8-9H2,1-2H3,(H2,16,17,18). The fraction of sp³-hybridized carbons (Fsp3) is 0.429. The summed E-state index contributed by atoms with van der Waals surface area (Å²) >= 11 is 7.26. The molecule has 2 aromatic heterocycles. The number of thiophene rings is 1. The minimum Gasteiger partial charge on any atom is -0.386 e. The Morgan fingerprint density at radius 1 is 1.45 bits per heavy atom. The minimum atomic E-state index is -0.613. The van der Waals surface area contributed by atoms with E-state index >= 15 is 0 Å². The molecule has 6 nitrogen and oxygen atoms in total. The van der Waals surface area contributed by atoms with Crippen molar-refractivity contribution in [1.82, 2.24) is 20.4 Å². The molecule has 1 unspecified atom stereocenters. The normalized spacial score (nSPS) is 13.2. The number of nitrogens with one attached hydrogen (secondary N) is 2. The summed E-state index contributed by atoms with van der Waals surface area (Å²) in [4.78, 5) is 5.32. The number of guanidine groups is 1. The number of aromatic nitrogens is 2. The number of halogens is 1. The summed E-state index contributed by atoms with van der Waals surface area (Å²) in [6.07, 6.45) is 1.13. The first-order chi connectivity index (χ1) is 10.6. The molecule has 1 atom stereocenters. The lowest BCUT2D eigenvalue weighted by Gasteiger charge is -2.14. The van der Waals surface area contributed by atoms with Crippen LogP contribution in [0.5, 0.6) is 0 Å². The van der Waals surface area contributed by atoms with Gasteiger partial charge in [-0.3, -0.25) is 4.68 Å². The van der Waals surface area contributed by atoms with Crippen LogP contribution in [0, 0.1) is 0 Å². The highest BCUT2D eigenvalue weighted by atomic mass is 35.5. The Hall–Kier alpha value is -1.57. The van der Waals surface area contributed by atoms with E-state index in [1.54, 1.807) is 16.9 Å². The lowest BCUT2D eigenvalue weighted by atomic mass is 10.3. The smallest absolute Gasteiger partial charge is 0.191 e. The minimum absolute atomic E-state index is 0.369. The van der Waals surface area contributed by atoms with Crippen LogP contribution in [0.2, 0.25) is 4.34 Å². The summed E-state index contributed by atoms with van der Waals surface area (Å²) in [7, 11) is 1.88. The molecule has 0 fully saturated rings. The molecule has 2 aromatic rings. The van der Waals surface area contributed by atoms with Crippen LogP contribution in [0.25, 0.3) is 0 Å². The molecule has 0 radical (unpaired) electrons. The van der Waals surface area contributed by atoms with Crippen LogP contribution in [0.4, 0.5) is 0 Å². The molecule has 0 spiro atoms. The van der Waals surface area contributed by atoms with Crippen LogP contribution in [-0.2, 0) is 13.6 Å². The summed E-state index contributed by atoms with van der Waals surface area (Å²) in [6, 6.07) is 5.54. The Bertz CT molecular complexity index is 624. The van der Waals surface area contributed by atoms with Crippen LogP contribution in [-0.4, -0.2) is 33.9 Å². The van der Waals surface area contributed by atoms with E-state index in [1.165, 1.54) is 11.3 Å². The molecule has 0 saturated heterocycles. The van der Waals surface area contributed by atoms with Crippen LogP contribution in [0.1, 0.15) is 23.6 Å². The molecule has 0 aliphatic heterocycles. The second-order valence-electron chi connectivity index (χ2n) is 4.68. The van der Waals surface area contributed by atoms with Gasteiger partial charge in [-0.1, -0.05) is 11.6 Å². The van der Waals surface area contributed by atoms with Gasteiger partial charge in [-0.15, -0.1) is 11.3 Å². The van der Waals surface area contributed by atoms with Gasteiger partial charge < -0.3 is 15.7 Å². The first-order valence-electron chi connectivity index (χ1n) is 7.02. The van der Waals surface area contributed by atoms with Crippen LogP contribution >= 0.6 is 22.9 Å². The monoisotopic (exact) mass is 341 g/mol. The molecule has 0 saturated carbocycles. The van der Waals surface area contributed by atoms with Gasteiger partial charge in [-0.2, -0.15) is 5.10 Å². The molecule has 0 amide bonds. The molecular formula is C14H20ClN5OS. The van der Waals surface area contributed by atoms with Crippen molar-refractivity contribution in [2.75, 3.05) is 13.1 Å². The van der Waals surface area contributed by atoms with Gasteiger partial charge in [0.1, 0.15) is 6.10 Å². The third-order valence-corrected chi connectivity index (χ3v) is 4.38. The third-order valence-electron chi connectivity index (χ3n) is 3.05. The molecule has 2 rings (SSSR count). The zero-order valence-electron chi connectivity index (χ0n) is 12.6. The maximum Gasteiger partial charge on any atom is 0.191 e. The quantitative estimate of drug-likeness (QED) is 0.554. The summed E-state index contributed by atoms with van der Waals surface area (Å²) in [5.74, 6) is 0.658. The van der Waals surface area contributed by atoms with Gasteiger partial charge in [0.05, 0.1) is 16.6 Å². The number of aliphatic hydroxyl groups is 1. The lowest BCUT2D eigenvalue weighted by molar-refractivity contribution is 0.184. The second kappa shape index (κ2) is 8.17. The van der Waals surface area contributed by atoms with Crippen molar-refractivity contribution in [3.05, 3.63) is 39.3 Å². The van der Waals surface area contributed by atoms with Gasteiger partial charge in [0.25, 0.3) is 0 Å².